The molecule has 1 aromatic heterocycles. The van der Waals surface area contributed by atoms with Crippen molar-refractivity contribution in [1.82, 2.24) is 24.5 Å². The maximum Gasteiger partial charge on any atom is 0.254 e. The molecule has 0 radical (unpaired) electrons. The van der Waals surface area contributed by atoms with Crippen LogP contribution in [-0.2, 0) is 17.8 Å². The van der Waals surface area contributed by atoms with E-state index in [4.69, 9.17) is 5.10 Å². The Balaban J connectivity index is 1.32. The van der Waals surface area contributed by atoms with Crippen LogP contribution in [0.15, 0.2) is 60.7 Å². The Bertz CT molecular complexity index is 1190. The number of hydrogen-bond acceptors (Lipinski definition) is 4. The Morgan fingerprint density at radius 1 is 1.00 bits per heavy atom. The summed E-state index contributed by atoms with van der Waals surface area (Å²) in [6.45, 7) is 7.30. The quantitative estimate of drug-likeness (QED) is 0.483. The summed E-state index contributed by atoms with van der Waals surface area (Å²) in [5.41, 5.74) is 3.35. The molecule has 2 amide bonds. The highest BCUT2D eigenvalue weighted by molar-refractivity contribution is 5.94. The number of halogens is 1. The molecule has 2 heterocycles. The maximum absolute atomic E-state index is 13.5. The van der Waals surface area contributed by atoms with Crippen LogP contribution in [0.4, 0.5) is 4.39 Å². The number of amides is 2. The minimum absolute atomic E-state index is 0.0135. The van der Waals surface area contributed by atoms with E-state index in [1.807, 2.05) is 35.0 Å². The fourth-order valence-electron chi connectivity index (χ4n) is 4.47. The van der Waals surface area contributed by atoms with E-state index in [0.717, 1.165) is 23.5 Å². The Labute approximate surface area is 212 Å². The molecule has 0 aliphatic carbocycles. The first kappa shape index (κ1) is 25.6. The summed E-state index contributed by atoms with van der Waals surface area (Å²) < 4.78 is 15.4. The minimum atomic E-state index is -0.418. The molecule has 1 saturated heterocycles. The summed E-state index contributed by atoms with van der Waals surface area (Å²) in [5, 5.41) is 4.81. The largest absolute Gasteiger partial charge is 0.339 e. The number of nitrogens with zero attached hydrogens (tertiary/aromatic N) is 5. The number of benzene rings is 2. The minimum Gasteiger partial charge on any atom is -0.339 e. The first-order valence-corrected chi connectivity index (χ1v) is 12.4. The third kappa shape index (κ3) is 6.37. The van der Waals surface area contributed by atoms with E-state index in [9.17, 15) is 14.0 Å². The van der Waals surface area contributed by atoms with Gasteiger partial charge in [0, 0.05) is 44.5 Å². The van der Waals surface area contributed by atoms with Gasteiger partial charge in [-0.25, -0.2) is 9.07 Å². The second-order valence-electron chi connectivity index (χ2n) is 9.80. The highest BCUT2D eigenvalue weighted by Crippen LogP contribution is 2.17. The molecule has 0 atom stereocenters. The third-order valence-corrected chi connectivity index (χ3v) is 6.37. The zero-order chi connectivity index (χ0) is 25.7. The van der Waals surface area contributed by atoms with Crippen molar-refractivity contribution < 1.29 is 14.0 Å². The average molecular weight is 492 g/mol. The zero-order valence-electron chi connectivity index (χ0n) is 21.2. The lowest BCUT2D eigenvalue weighted by Crippen LogP contribution is -2.51. The van der Waals surface area contributed by atoms with Gasteiger partial charge in [0.1, 0.15) is 5.82 Å². The van der Waals surface area contributed by atoms with E-state index >= 15 is 0 Å². The van der Waals surface area contributed by atoms with Gasteiger partial charge in [0.15, 0.2) is 0 Å². The van der Waals surface area contributed by atoms with Crippen molar-refractivity contribution in [3.05, 3.63) is 83.4 Å². The molecule has 4 rings (SSSR count). The van der Waals surface area contributed by atoms with Gasteiger partial charge in [0.25, 0.3) is 5.91 Å². The molecule has 0 N–H and O–H groups in total. The SMILES string of the molecule is CC(C)Cc1cc(CN(C)C(=O)CN2CCN(C(=O)c3cccc(F)c3)CC2)nn1-c1ccccc1. The molecule has 0 bridgehead atoms. The fraction of sp³-hybridized carbons (Fsp3) is 0.393. The molecule has 7 nitrogen and oxygen atoms in total. The van der Waals surface area contributed by atoms with Crippen molar-refractivity contribution in [2.75, 3.05) is 39.8 Å². The van der Waals surface area contributed by atoms with Gasteiger partial charge in [-0.2, -0.15) is 5.10 Å². The Morgan fingerprint density at radius 2 is 1.72 bits per heavy atom. The van der Waals surface area contributed by atoms with Crippen LogP contribution in [-0.4, -0.2) is 76.1 Å². The normalized spacial score (nSPS) is 14.3. The van der Waals surface area contributed by atoms with Crippen LogP contribution in [0, 0.1) is 11.7 Å². The highest BCUT2D eigenvalue weighted by atomic mass is 19.1. The van der Waals surface area contributed by atoms with Gasteiger partial charge in [-0.3, -0.25) is 14.5 Å². The van der Waals surface area contributed by atoms with Crippen molar-refractivity contribution in [2.45, 2.75) is 26.8 Å². The van der Waals surface area contributed by atoms with E-state index in [-0.39, 0.29) is 18.4 Å². The number of carbonyl (C=O) groups excluding carboxylic acids is 2. The number of rotatable bonds is 8. The summed E-state index contributed by atoms with van der Waals surface area (Å²) in [7, 11) is 1.80. The lowest BCUT2D eigenvalue weighted by molar-refractivity contribution is -0.132. The number of aromatic nitrogens is 2. The van der Waals surface area contributed by atoms with Gasteiger partial charge in [-0.15, -0.1) is 0 Å². The molecular weight excluding hydrogens is 457 g/mol. The van der Waals surface area contributed by atoms with Gasteiger partial charge in [0.2, 0.25) is 5.91 Å². The molecule has 36 heavy (non-hydrogen) atoms. The van der Waals surface area contributed by atoms with E-state index in [0.29, 0.717) is 44.2 Å². The predicted octanol–water partition coefficient (Wildman–Crippen LogP) is 3.63. The third-order valence-electron chi connectivity index (χ3n) is 6.37. The predicted molar refractivity (Wildman–Crippen MR) is 137 cm³/mol. The van der Waals surface area contributed by atoms with Gasteiger partial charge in [0.05, 0.1) is 24.5 Å². The van der Waals surface area contributed by atoms with Gasteiger partial charge in [-0.05, 0) is 48.7 Å². The molecule has 2 aromatic carbocycles. The summed E-state index contributed by atoms with van der Waals surface area (Å²) in [4.78, 5) is 31.1. The molecule has 0 saturated carbocycles. The topological polar surface area (TPSA) is 61.7 Å². The van der Waals surface area contributed by atoms with Crippen LogP contribution in [0.3, 0.4) is 0 Å². The second kappa shape index (κ2) is 11.5. The number of carbonyl (C=O) groups is 2. The molecule has 190 valence electrons. The Kier molecular flexibility index (Phi) is 8.15. The number of likely N-dealkylation sites (N-methyl/N-ethyl adjacent to an activating group) is 1. The van der Waals surface area contributed by atoms with Gasteiger partial charge < -0.3 is 9.80 Å². The van der Waals surface area contributed by atoms with E-state index in [1.165, 1.54) is 12.1 Å². The van der Waals surface area contributed by atoms with E-state index < -0.39 is 5.82 Å². The molecule has 1 fully saturated rings. The lowest BCUT2D eigenvalue weighted by atomic mass is 10.1. The van der Waals surface area contributed by atoms with E-state index in [1.54, 1.807) is 29.0 Å². The Morgan fingerprint density at radius 3 is 2.39 bits per heavy atom. The number of piperazine rings is 1. The summed E-state index contributed by atoms with van der Waals surface area (Å²) in [6.07, 6.45) is 0.901. The zero-order valence-corrected chi connectivity index (χ0v) is 21.2. The van der Waals surface area contributed by atoms with Crippen molar-refractivity contribution in [3.8, 4) is 5.69 Å². The summed E-state index contributed by atoms with van der Waals surface area (Å²) >= 11 is 0. The monoisotopic (exact) mass is 491 g/mol. The second-order valence-corrected chi connectivity index (χ2v) is 9.80. The number of para-hydroxylation sites is 1. The van der Waals surface area contributed by atoms with E-state index in [2.05, 4.69) is 24.8 Å². The molecule has 1 aliphatic heterocycles. The van der Waals surface area contributed by atoms with Crippen molar-refractivity contribution in [2.24, 2.45) is 5.92 Å². The first-order valence-electron chi connectivity index (χ1n) is 12.4. The number of hydrogen-bond donors (Lipinski definition) is 0. The summed E-state index contributed by atoms with van der Waals surface area (Å²) in [5.74, 6) is -0.0933. The fourth-order valence-corrected chi connectivity index (χ4v) is 4.47. The molecule has 8 heteroatoms. The maximum atomic E-state index is 13.5. The smallest absolute Gasteiger partial charge is 0.254 e. The highest BCUT2D eigenvalue weighted by Gasteiger charge is 2.25. The average Bonchev–Trinajstić information content (AvgIpc) is 3.25. The standard InChI is InChI=1S/C28H34FN5O2/c1-21(2)16-26-18-24(30-34(26)25-10-5-4-6-11-25)19-31(3)27(35)20-32-12-14-33(15-13-32)28(36)22-8-7-9-23(29)17-22/h4-11,17-18,21H,12-16,19-20H2,1-3H3. The molecule has 1 aliphatic rings. The van der Waals surface area contributed by atoms with Crippen molar-refractivity contribution in [1.29, 1.82) is 0 Å². The Hall–Kier alpha value is -3.52. The van der Waals surface area contributed by atoms with Crippen LogP contribution in [0.2, 0.25) is 0 Å². The van der Waals surface area contributed by atoms with Crippen molar-refractivity contribution in [3.63, 3.8) is 0 Å². The van der Waals surface area contributed by atoms with Crippen LogP contribution >= 0.6 is 0 Å². The van der Waals surface area contributed by atoms with Crippen LogP contribution < -0.4 is 0 Å². The van der Waals surface area contributed by atoms with Crippen LogP contribution in [0.1, 0.15) is 35.6 Å². The van der Waals surface area contributed by atoms with Crippen LogP contribution in [0.5, 0.6) is 0 Å². The van der Waals surface area contributed by atoms with Gasteiger partial charge >= 0.3 is 0 Å². The van der Waals surface area contributed by atoms with Crippen molar-refractivity contribution >= 4 is 11.8 Å². The van der Waals surface area contributed by atoms with Crippen LogP contribution in [0.25, 0.3) is 5.69 Å². The van der Waals surface area contributed by atoms with Gasteiger partial charge in [-0.1, -0.05) is 38.1 Å². The molecule has 0 unspecified atom stereocenters. The molecular formula is C28H34FN5O2. The lowest BCUT2D eigenvalue weighted by Gasteiger charge is -2.35. The molecule has 0 spiro atoms. The summed E-state index contributed by atoms with van der Waals surface area (Å²) in [6, 6.07) is 17.9. The molecule has 3 aromatic rings. The first-order chi connectivity index (χ1) is 17.3.